The SMILES string of the molecule is CCC[N+]1=C(C)[NH+](C)CC1C. The average Bonchev–Trinajstić information content (AvgIpc) is 2.17. The zero-order chi connectivity index (χ0) is 8.43. The second-order valence-electron chi connectivity index (χ2n) is 3.61. The number of rotatable bonds is 2. The lowest BCUT2D eigenvalue weighted by atomic mass is 10.3. The van der Waals surface area contributed by atoms with Gasteiger partial charge in [0.15, 0.2) is 0 Å². The predicted molar refractivity (Wildman–Crippen MR) is 47.3 cm³/mol. The molecule has 0 radical (unpaired) electrons. The number of quaternary nitrogens is 1. The molecule has 0 saturated heterocycles. The van der Waals surface area contributed by atoms with E-state index in [1.54, 1.807) is 4.90 Å². The molecule has 2 heteroatoms. The largest absolute Gasteiger partial charge is 0.333 e. The van der Waals surface area contributed by atoms with Crippen LogP contribution in [0.25, 0.3) is 0 Å². The maximum atomic E-state index is 2.52. The number of hydrogen-bond donors (Lipinski definition) is 1. The van der Waals surface area contributed by atoms with Crippen molar-refractivity contribution in [1.29, 1.82) is 0 Å². The fourth-order valence-corrected chi connectivity index (χ4v) is 1.91. The van der Waals surface area contributed by atoms with Gasteiger partial charge < -0.3 is 0 Å². The first kappa shape index (κ1) is 8.72. The highest BCUT2D eigenvalue weighted by atomic mass is 15.3. The van der Waals surface area contributed by atoms with Crippen molar-refractivity contribution in [2.45, 2.75) is 33.2 Å². The number of hydrogen-bond acceptors (Lipinski definition) is 0. The van der Waals surface area contributed by atoms with E-state index in [9.17, 15) is 0 Å². The van der Waals surface area contributed by atoms with E-state index in [2.05, 4.69) is 32.4 Å². The Labute approximate surface area is 69.5 Å². The third-order valence-corrected chi connectivity index (χ3v) is 2.65. The van der Waals surface area contributed by atoms with Crippen LogP contribution >= 0.6 is 0 Å². The van der Waals surface area contributed by atoms with E-state index >= 15 is 0 Å². The average molecular weight is 156 g/mol. The molecule has 0 aromatic heterocycles. The molecule has 1 N–H and O–H groups in total. The van der Waals surface area contributed by atoms with Gasteiger partial charge in [-0.2, -0.15) is 4.58 Å². The molecular weight excluding hydrogens is 136 g/mol. The van der Waals surface area contributed by atoms with Crippen LogP contribution in [0.4, 0.5) is 0 Å². The van der Waals surface area contributed by atoms with Crippen molar-refractivity contribution in [2.75, 3.05) is 20.1 Å². The lowest BCUT2D eigenvalue weighted by Gasteiger charge is -1.98. The fraction of sp³-hybridized carbons (Fsp3) is 0.889. The summed E-state index contributed by atoms with van der Waals surface area (Å²) in [6.07, 6.45) is 1.26. The molecule has 1 rings (SSSR count). The quantitative estimate of drug-likeness (QED) is 0.527. The van der Waals surface area contributed by atoms with E-state index in [4.69, 9.17) is 0 Å². The van der Waals surface area contributed by atoms with Gasteiger partial charge in [-0.05, 0) is 0 Å². The van der Waals surface area contributed by atoms with E-state index in [0.717, 1.165) is 6.04 Å². The Morgan fingerprint density at radius 3 is 2.64 bits per heavy atom. The molecule has 0 bridgehead atoms. The van der Waals surface area contributed by atoms with Gasteiger partial charge in [-0.15, -0.1) is 0 Å². The van der Waals surface area contributed by atoms with Crippen molar-refractivity contribution < 1.29 is 9.48 Å². The number of amidine groups is 1. The first-order valence-electron chi connectivity index (χ1n) is 4.59. The molecule has 0 aromatic rings. The van der Waals surface area contributed by atoms with Crippen LogP contribution < -0.4 is 4.90 Å². The molecule has 2 nitrogen and oxygen atoms in total. The van der Waals surface area contributed by atoms with Gasteiger partial charge >= 0.3 is 5.84 Å². The highest BCUT2D eigenvalue weighted by Crippen LogP contribution is 1.94. The highest BCUT2D eigenvalue weighted by Gasteiger charge is 2.34. The third kappa shape index (κ3) is 1.62. The third-order valence-electron chi connectivity index (χ3n) is 2.65. The summed E-state index contributed by atoms with van der Waals surface area (Å²) in [5, 5.41) is 0. The fourth-order valence-electron chi connectivity index (χ4n) is 1.91. The first-order chi connectivity index (χ1) is 5.16. The van der Waals surface area contributed by atoms with E-state index in [1.807, 2.05) is 0 Å². The Balaban J connectivity index is 2.70. The maximum absolute atomic E-state index is 2.52. The monoisotopic (exact) mass is 156 g/mol. The summed E-state index contributed by atoms with van der Waals surface area (Å²) in [4.78, 5) is 1.57. The van der Waals surface area contributed by atoms with Gasteiger partial charge in [0, 0.05) is 13.3 Å². The summed E-state index contributed by atoms with van der Waals surface area (Å²) in [7, 11) is 2.25. The summed E-state index contributed by atoms with van der Waals surface area (Å²) in [5.74, 6) is 1.51. The van der Waals surface area contributed by atoms with Crippen molar-refractivity contribution in [3.8, 4) is 0 Å². The Hall–Kier alpha value is -0.370. The summed E-state index contributed by atoms with van der Waals surface area (Å²) in [6, 6.07) is 0.745. The zero-order valence-electron chi connectivity index (χ0n) is 8.15. The van der Waals surface area contributed by atoms with Crippen molar-refractivity contribution >= 4 is 5.84 Å². The second kappa shape index (κ2) is 3.35. The molecular formula is C9H20N2+2. The van der Waals surface area contributed by atoms with Gasteiger partial charge in [-0.1, -0.05) is 6.92 Å². The molecule has 11 heavy (non-hydrogen) atoms. The summed E-state index contributed by atoms with van der Waals surface area (Å²) < 4.78 is 2.52. The van der Waals surface area contributed by atoms with Crippen LogP contribution in [0.5, 0.6) is 0 Å². The summed E-state index contributed by atoms with van der Waals surface area (Å²) in [5.41, 5.74) is 0. The van der Waals surface area contributed by atoms with E-state index in [-0.39, 0.29) is 0 Å². The van der Waals surface area contributed by atoms with Crippen LogP contribution in [0, 0.1) is 0 Å². The van der Waals surface area contributed by atoms with E-state index < -0.39 is 0 Å². The van der Waals surface area contributed by atoms with E-state index in [0.29, 0.717) is 0 Å². The number of likely N-dealkylation sites (N-methyl/N-ethyl adjacent to an activating group) is 1. The molecule has 1 heterocycles. The van der Waals surface area contributed by atoms with Crippen LogP contribution in [0.2, 0.25) is 0 Å². The predicted octanol–water partition coefficient (Wildman–Crippen LogP) is -0.256. The van der Waals surface area contributed by atoms with Crippen LogP contribution in [0.1, 0.15) is 27.2 Å². The topological polar surface area (TPSA) is 7.45 Å². The Morgan fingerprint density at radius 2 is 2.27 bits per heavy atom. The van der Waals surface area contributed by atoms with Crippen LogP contribution in [0.15, 0.2) is 0 Å². The second-order valence-corrected chi connectivity index (χ2v) is 3.61. The molecule has 0 amide bonds. The molecule has 0 saturated carbocycles. The number of nitrogens with zero attached hydrogens (tertiary/aromatic N) is 1. The van der Waals surface area contributed by atoms with Crippen molar-refractivity contribution in [2.24, 2.45) is 0 Å². The Kier molecular flexibility index (Phi) is 2.66. The molecule has 1 aliphatic heterocycles. The van der Waals surface area contributed by atoms with Gasteiger partial charge in [-0.3, -0.25) is 0 Å². The normalized spacial score (nSPS) is 31.6. The molecule has 64 valence electrons. The molecule has 0 aromatic carbocycles. The minimum Gasteiger partial charge on any atom is -0.248 e. The first-order valence-corrected chi connectivity index (χ1v) is 4.59. The van der Waals surface area contributed by atoms with Crippen molar-refractivity contribution in [3.05, 3.63) is 0 Å². The summed E-state index contributed by atoms with van der Waals surface area (Å²) >= 11 is 0. The number of nitrogens with one attached hydrogen (secondary N) is 1. The zero-order valence-corrected chi connectivity index (χ0v) is 8.15. The molecule has 1 aliphatic rings. The Morgan fingerprint density at radius 1 is 1.64 bits per heavy atom. The Bertz CT molecular complexity index is 172. The van der Waals surface area contributed by atoms with Gasteiger partial charge in [0.2, 0.25) is 6.04 Å². The van der Waals surface area contributed by atoms with Gasteiger partial charge in [0.05, 0.1) is 14.0 Å². The van der Waals surface area contributed by atoms with Gasteiger partial charge in [0.1, 0.15) is 13.1 Å². The molecule has 0 aliphatic carbocycles. The van der Waals surface area contributed by atoms with Gasteiger partial charge in [-0.25, -0.2) is 4.90 Å². The van der Waals surface area contributed by atoms with Crippen LogP contribution in [-0.4, -0.2) is 36.6 Å². The summed E-state index contributed by atoms with van der Waals surface area (Å²) in [6.45, 7) is 9.30. The highest BCUT2D eigenvalue weighted by molar-refractivity contribution is 5.65. The van der Waals surface area contributed by atoms with E-state index in [1.165, 1.54) is 25.3 Å². The van der Waals surface area contributed by atoms with Gasteiger partial charge in [0.25, 0.3) is 0 Å². The van der Waals surface area contributed by atoms with Crippen LogP contribution in [0.3, 0.4) is 0 Å². The van der Waals surface area contributed by atoms with Crippen molar-refractivity contribution in [3.63, 3.8) is 0 Å². The molecule has 2 unspecified atom stereocenters. The molecule has 0 spiro atoms. The maximum Gasteiger partial charge on any atom is 0.333 e. The molecule has 2 atom stereocenters. The van der Waals surface area contributed by atoms with Crippen LogP contribution in [-0.2, 0) is 0 Å². The lowest BCUT2D eigenvalue weighted by Crippen LogP contribution is -3.10. The minimum absolute atomic E-state index is 0.745. The smallest absolute Gasteiger partial charge is 0.248 e. The minimum atomic E-state index is 0.745. The van der Waals surface area contributed by atoms with Crippen molar-refractivity contribution in [1.82, 2.24) is 0 Å². The standard InChI is InChI=1S/C9H19N2/c1-5-6-11-8(2)7-10(4)9(11)3/h8H,5-7H2,1-4H3/q+1/p+1. The lowest BCUT2D eigenvalue weighted by molar-refractivity contribution is -0.779. The molecule has 0 fully saturated rings.